The van der Waals surface area contributed by atoms with Crippen molar-refractivity contribution in [3.63, 3.8) is 0 Å². The summed E-state index contributed by atoms with van der Waals surface area (Å²) in [7, 11) is 0. The molecule has 1 aromatic heterocycles. The molecule has 2 aliphatic heterocycles. The largest absolute Gasteiger partial charge is 0.341 e. The monoisotopic (exact) mass is 420 g/mol. The number of halogens is 1. The average molecular weight is 420 g/mol. The van der Waals surface area contributed by atoms with E-state index >= 15 is 0 Å². The Labute approximate surface area is 180 Å². The van der Waals surface area contributed by atoms with Crippen LogP contribution in [0.1, 0.15) is 35.4 Å². The number of benzene rings is 2. The number of nitrogens with zero attached hydrogens (tertiary/aromatic N) is 4. The molecule has 0 N–H and O–H groups in total. The van der Waals surface area contributed by atoms with Gasteiger partial charge in [0.25, 0.3) is 0 Å². The highest BCUT2D eigenvalue weighted by molar-refractivity contribution is 5.82. The van der Waals surface area contributed by atoms with E-state index in [0.717, 1.165) is 25.9 Å². The number of aromatic nitrogens is 2. The Morgan fingerprint density at radius 3 is 2.71 bits per heavy atom. The van der Waals surface area contributed by atoms with Crippen molar-refractivity contribution >= 4 is 5.91 Å². The predicted octanol–water partition coefficient (Wildman–Crippen LogP) is 3.73. The molecule has 31 heavy (non-hydrogen) atoms. The first kappa shape index (κ1) is 19.9. The van der Waals surface area contributed by atoms with Crippen molar-refractivity contribution < 1.29 is 13.7 Å². The van der Waals surface area contributed by atoms with Gasteiger partial charge in [0.2, 0.25) is 17.6 Å². The van der Waals surface area contributed by atoms with E-state index in [1.54, 1.807) is 19.1 Å². The van der Waals surface area contributed by atoms with Crippen LogP contribution in [-0.4, -0.2) is 45.0 Å². The van der Waals surface area contributed by atoms with Crippen molar-refractivity contribution in [3.05, 3.63) is 70.9 Å². The van der Waals surface area contributed by atoms with Crippen LogP contribution in [0.4, 0.5) is 4.39 Å². The van der Waals surface area contributed by atoms with E-state index in [0.29, 0.717) is 42.4 Å². The second-order valence-electron chi connectivity index (χ2n) is 8.40. The third-order valence-electron chi connectivity index (χ3n) is 6.29. The van der Waals surface area contributed by atoms with Gasteiger partial charge in [-0.1, -0.05) is 41.6 Å². The van der Waals surface area contributed by atoms with Crippen LogP contribution in [0.3, 0.4) is 0 Å². The van der Waals surface area contributed by atoms with E-state index in [2.05, 4.69) is 27.2 Å². The van der Waals surface area contributed by atoms with Gasteiger partial charge < -0.3 is 9.42 Å². The van der Waals surface area contributed by atoms with Gasteiger partial charge in [0.05, 0.1) is 12.6 Å². The van der Waals surface area contributed by atoms with E-state index in [4.69, 9.17) is 4.52 Å². The standard InChI is InChI=1S/C24H25FN4O2/c1-16-8-9-18(12-20(16)25)23-26-22(31-27-23)15-29-14-19-7-3-2-6-17(19)13-21(29)24(30)28-10-4-5-11-28/h2-3,6-9,12,21H,4-5,10-11,13-15H2,1H3/t21-/m0/s1. The molecule has 0 spiro atoms. The number of carbonyl (C=O) groups excluding carboxylic acids is 1. The first-order chi connectivity index (χ1) is 15.1. The topological polar surface area (TPSA) is 62.5 Å². The molecule has 1 fully saturated rings. The Morgan fingerprint density at radius 2 is 1.94 bits per heavy atom. The lowest BCUT2D eigenvalue weighted by Gasteiger charge is -2.37. The molecular formula is C24H25FN4O2. The summed E-state index contributed by atoms with van der Waals surface area (Å²) in [5, 5.41) is 4.04. The van der Waals surface area contributed by atoms with Crippen molar-refractivity contribution in [1.82, 2.24) is 19.9 Å². The van der Waals surface area contributed by atoms with Crippen molar-refractivity contribution in [1.29, 1.82) is 0 Å². The number of hydrogen-bond donors (Lipinski definition) is 0. The fraction of sp³-hybridized carbons (Fsp3) is 0.375. The Balaban J connectivity index is 1.40. The van der Waals surface area contributed by atoms with Gasteiger partial charge >= 0.3 is 0 Å². The van der Waals surface area contributed by atoms with Crippen LogP contribution in [0, 0.1) is 12.7 Å². The Hall–Kier alpha value is -3.06. The maximum atomic E-state index is 13.9. The minimum Gasteiger partial charge on any atom is -0.341 e. The smallest absolute Gasteiger partial charge is 0.241 e. The maximum Gasteiger partial charge on any atom is 0.241 e. The predicted molar refractivity (Wildman–Crippen MR) is 113 cm³/mol. The summed E-state index contributed by atoms with van der Waals surface area (Å²) in [5.41, 5.74) is 3.58. The quantitative estimate of drug-likeness (QED) is 0.644. The molecule has 1 saturated heterocycles. The highest BCUT2D eigenvalue weighted by atomic mass is 19.1. The van der Waals surface area contributed by atoms with Gasteiger partial charge in [-0.25, -0.2) is 4.39 Å². The molecule has 2 aromatic carbocycles. The number of hydrogen-bond acceptors (Lipinski definition) is 5. The molecule has 3 aromatic rings. The molecule has 160 valence electrons. The van der Waals surface area contributed by atoms with E-state index < -0.39 is 0 Å². The number of aryl methyl sites for hydroxylation is 1. The van der Waals surface area contributed by atoms with Crippen molar-refractivity contribution in [2.24, 2.45) is 0 Å². The Morgan fingerprint density at radius 1 is 1.16 bits per heavy atom. The first-order valence-corrected chi connectivity index (χ1v) is 10.8. The van der Waals surface area contributed by atoms with E-state index in [9.17, 15) is 9.18 Å². The number of carbonyl (C=O) groups is 1. The number of rotatable bonds is 4. The summed E-state index contributed by atoms with van der Waals surface area (Å²) in [6.07, 6.45) is 2.81. The highest BCUT2D eigenvalue weighted by Crippen LogP contribution is 2.27. The summed E-state index contributed by atoms with van der Waals surface area (Å²) >= 11 is 0. The Bertz CT molecular complexity index is 1110. The molecule has 0 radical (unpaired) electrons. The highest BCUT2D eigenvalue weighted by Gasteiger charge is 2.35. The summed E-state index contributed by atoms with van der Waals surface area (Å²) in [6, 6.07) is 12.9. The summed E-state index contributed by atoms with van der Waals surface area (Å²) < 4.78 is 19.4. The molecule has 0 bridgehead atoms. The maximum absolute atomic E-state index is 13.9. The lowest BCUT2D eigenvalue weighted by molar-refractivity contribution is -0.137. The minimum absolute atomic E-state index is 0.173. The first-order valence-electron chi connectivity index (χ1n) is 10.8. The zero-order valence-electron chi connectivity index (χ0n) is 17.6. The number of fused-ring (bicyclic) bond motifs is 1. The molecule has 0 unspecified atom stereocenters. The molecule has 0 saturated carbocycles. The summed E-state index contributed by atoms with van der Waals surface area (Å²) in [5.74, 6) is 0.656. The van der Waals surface area contributed by atoms with Crippen LogP contribution < -0.4 is 0 Å². The lowest BCUT2D eigenvalue weighted by Crippen LogP contribution is -2.50. The molecular weight excluding hydrogens is 395 g/mol. The van der Waals surface area contributed by atoms with Gasteiger partial charge in [-0.2, -0.15) is 4.98 Å². The van der Waals surface area contributed by atoms with Crippen molar-refractivity contribution in [2.75, 3.05) is 13.1 Å². The van der Waals surface area contributed by atoms with Gasteiger partial charge in [0.15, 0.2) is 0 Å². The van der Waals surface area contributed by atoms with E-state index in [-0.39, 0.29) is 17.8 Å². The number of amides is 1. The molecule has 5 rings (SSSR count). The van der Waals surface area contributed by atoms with Gasteiger partial charge in [-0.05, 0) is 48.9 Å². The third-order valence-corrected chi connectivity index (χ3v) is 6.29. The summed E-state index contributed by atoms with van der Waals surface area (Å²) in [4.78, 5) is 21.9. The summed E-state index contributed by atoms with van der Waals surface area (Å²) in [6.45, 7) is 4.40. The van der Waals surface area contributed by atoms with E-state index in [1.165, 1.54) is 17.2 Å². The second kappa shape index (κ2) is 8.23. The normalized spacial score (nSPS) is 18.9. The van der Waals surface area contributed by atoms with Crippen LogP contribution in [0.25, 0.3) is 11.4 Å². The zero-order valence-corrected chi connectivity index (χ0v) is 17.6. The SMILES string of the molecule is Cc1ccc(-c2noc(CN3Cc4ccccc4C[C@H]3C(=O)N3CCCC3)n2)cc1F. The molecule has 1 amide bonds. The van der Waals surface area contributed by atoms with Crippen molar-refractivity contribution in [2.45, 2.75) is 45.3 Å². The minimum atomic E-state index is -0.298. The molecule has 7 heteroatoms. The molecule has 1 atom stereocenters. The molecule has 3 heterocycles. The van der Waals surface area contributed by atoms with Gasteiger partial charge in [0.1, 0.15) is 5.82 Å². The van der Waals surface area contributed by atoms with Crippen LogP contribution in [-0.2, 0) is 24.3 Å². The lowest BCUT2D eigenvalue weighted by atomic mass is 9.93. The van der Waals surface area contributed by atoms with Crippen LogP contribution in [0.2, 0.25) is 0 Å². The fourth-order valence-corrected chi connectivity index (χ4v) is 4.48. The van der Waals surface area contributed by atoms with Gasteiger partial charge in [-0.3, -0.25) is 9.69 Å². The average Bonchev–Trinajstić information content (AvgIpc) is 3.47. The van der Waals surface area contributed by atoms with Crippen LogP contribution in [0.15, 0.2) is 47.0 Å². The molecule has 2 aliphatic rings. The van der Waals surface area contributed by atoms with Crippen LogP contribution in [0.5, 0.6) is 0 Å². The Kier molecular flexibility index (Phi) is 5.28. The van der Waals surface area contributed by atoms with Crippen LogP contribution >= 0.6 is 0 Å². The molecule has 6 nitrogen and oxygen atoms in total. The third kappa shape index (κ3) is 3.97. The fourth-order valence-electron chi connectivity index (χ4n) is 4.48. The second-order valence-corrected chi connectivity index (χ2v) is 8.40. The number of likely N-dealkylation sites (tertiary alicyclic amines) is 1. The molecule has 0 aliphatic carbocycles. The van der Waals surface area contributed by atoms with Gasteiger partial charge in [-0.15, -0.1) is 0 Å². The van der Waals surface area contributed by atoms with Crippen molar-refractivity contribution in [3.8, 4) is 11.4 Å². The zero-order chi connectivity index (χ0) is 21.4. The van der Waals surface area contributed by atoms with E-state index in [1.807, 2.05) is 17.0 Å². The van der Waals surface area contributed by atoms with Gasteiger partial charge in [0, 0.05) is 25.2 Å².